The van der Waals surface area contributed by atoms with Crippen LogP contribution in [0.3, 0.4) is 0 Å². The van der Waals surface area contributed by atoms with Crippen molar-refractivity contribution in [2.24, 2.45) is 5.73 Å². The molecule has 0 fully saturated rings. The molecule has 148 valence electrons. The number of carbonyl (C=O) groups excluding carboxylic acids is 3. The number of carboxylic acid groups (broad SMARTS) is 2. The Kier molecular flexibility index (Phi) is 9.84. The molecule has 0 aliphatic rings. The molecule has 0 bridgehead atoms. The Labute approximate surface area is 149 Å². The van der Waals surface area contributed by atoms with Crippen molar-refractivity contribution >= 4 is 29.7 Å². The number of nitrogens with two attached hydrogens (primary N) is 1. The van der Waals surface area contributed by atoms with Gasteiger partial charge >= 0.3 is 11.9 Å². The van der Waals surface area contributed by atoms with E-state index in [2.05, 4.69) is 10.6 Å². The lowest BCUT2D eigenvalue weighted by Crippen LogP contribution is -2.54. The standard InChI is InChI=1S/C14H24N4O8/c1-6(15)12(23)17-8(3-4-10(21)22)13(24)16-5-9(20)18-11(7(2)19)14(25)26/h6-8,11,19H,3-5,15H2,1-2H3,(H,16,24)(H,17,23)(H,18,20)(H,21,22)(H,25,26). The first-order valence-corrected chi connectivity index (χ1v) is 7.71. The van der Waals surface area contributed by atoms with Crippen LogP contribution < -0.4 is 21.7 Å². The molecule has 0 radical (unpaired) electrons. The number of carbonyl (C=O) groups is 5. The highest BCUT2D eigenvalue weighted by atomic mass is 16.4. The highest BCUT2D eigenvalue weighted by molar-refractivity contribution is 5.92. The lowest BCUT2D eigenvalue weighted by atomic mass is 10.1. The normalized spacial score (nSPS) is 15.1. The monoisotopic (exact) mass is 376 g/mol. The summed E-state index contributed by atoms with van der Waals surface area (Å²) in [4.78, 5) is 56.9. The van der Waals surface area contributed by atoms with Gasteiger partial charge in [-0.05, 0) is 20.3 Å². The van der Waals surface area contributed by atoms with Crippen molar-refractivity contribution in [3.8, 4) is 0 Å². The van der Waals surface area contributed by atoms with Gasteiger partial charge in [0, 0.05) is 6.42 Å². The number of aliphatic hydroxyl groups is 1. The summed E-state index contributed by atoms with van der Waals surface area (Å²) in [6.45, 7) is 1.91. The number of aliphatic carboxylic acids is 2. The third kappa shape index (κ3) is 8.94. The lowest BCUT2D eigenvalue weighted by Gasteiger charge is -2.20. The minimum atomic E-state index is -1.56. The molecule has 0 saturated heterocycles. The Morgan fingerprint density at radius 3 is 2.00 bits per heavy atom. The van der Waals surface area contributed by atoms with Crippen LogP contribution in [-0.2, 0) is 24.0 Å². The molecule has 0 spiro atoms. The summed E-state index contributed by atoms with van der Waals surface area (Å²) < 4.78 is 0. The maximum absolute atomic E-state index is 12.1. The van der Waals surface area contributed by atoms with E-state index in [1.807, 2.05) is 5.32 Å². The van der Waals surface area contributed by atoms with Gasteiger partial charge in [0.05, 0.1) is 18.7 Å². The number of hydrogen-bond donors (Lipinski definition) is 7. The van der Waals surface area contributed by atoms with E-state index in [0.717, 1.165) is 0 Å². The van der Waals surface area contributed by atoms with E-state index >= 15 is 0 Å². The second-order valence-electron chi connectivity index (χ2n) is 5.62. The zero-order valence-electron chi connectivity index (χ0n) is 14.4. The summed E-state index contributed by atoms with van der Waals surface area (Å²) in [7, 11) is 0. The van der Waals surface area contributed by atoms with Crippen LogP contribution in [0.15, 0.2) is 0 Å². The fourth-order valence-electron chi connectivity index (χ4n) is 1.74. The fourth-order valence-corrected chi connectivity index (χ4v) is 1.74. The average molecular weight is 376 g/mol. The second kappa shape index (κ2) is 11.0. The van der Waals surface area contributed by atoms with Crippen LogP contribution in [0, 0.1) is 0 Å². The third-order valence-electron chi connectivity index (χ3n) is 3.18. The van der Waals surface area contributed by atoms with E-state index in [4.69, 9.17) is 15.9 Å². The zero-order valence-corrected chi connectivity index (χ0v) is 14.4. The van der Waals surface area contributed by atoms with E-state index in [1.165, 1.54) is 13.8 Å². The largest absolute Gasteiger partial charge is 0.481 e. The summed E-state index contributed by atoms with van der Waals surface area (Å²) in [5, 5.41) is 33.3. The Balaban J connectivity index is 4.76. The number of rotatable bonds is 11. The molecule has 0 aliphatic heterocycles. The van der Waals surface area contributed by atoms with E-state index < -0.39 is 66.9 Å². The molecular formula is C14H24N4O8. The maximum Gasteiger partial charge on any atom is 0.328 e. The van der Waals surface area contributed by atoms with E-state index in [-0.39, 0.29) is 6.42 Å². The number of amides is 3. The Hall–Kier alpha value is -2.73. The predicted octanol–water partition coefficient (Wildman–Crippen LogP) is -3.25. The van der Waals surface area contributed by atoms with Crippen LogP contribution >= 0.6 is 0 Å². The van der Waals surface area contributed by atoms with Crippen LogP contribution in [0.4, 0.5) is 0 Å². The molecule has 3 amide bonds. The van der Waals surface area contributed by atoms with Crippen LogP contribution in [0.1, 0.15) is 26.7 Å². The summed E-state index contributed by atoms with van der Waals surface area (Å²) in [6, 6.07) is -3.72. The van der Waals surface area contributed by atoms with Crippen LogP contribution in [0.2, 0.25) is 0 Å². The Bertz CT molecular complexity index is 549. The Morgan fingerprint density at radius 2 is 1.58 bits per heavy atom. The molecule has 0 aromatic heterocycles. The van der Waals surface area contributed by atoms with Gasteiger partial charge in [0.2, 0.25) is 17.7 Å². The number of carboxylic acids is 2. The Morgan fingerprint density at radius 1 is 1.00 bits per heavy atom. The summed E-state index contributed by atoms with van der Waals surface area (Å²) in [6.07, 6.45) is -2.00. The summed E-state index contributed by atoms with van der Waals surface area (Å²) in [5.41, 5.74) is 5.37. The topological polar surface area (TPSA) is 208 Å². The smallest absolute Gasteiger partial charge is 0.328 e. The van der Waals surface area contributed by atoms with Crippen molar-refractivity contribution < 1.29 is 39.3 Å². The molecule has 26 heavy (non-hydrogen) atoms. The quantitative estimate of drug-likeness (QED) is 0.193. The van der Waals surface area contributed by atoms with Gasteiger partial charge in [-0.1, -0.05) is 0 Å². The van der Waals surface area contributed by atoms with E-state index in [9.17, 15) is 29.1 Å². The third-order valence-corrected chi connectivity index (χ3v) is 3.18. The first kappa shape index (κ1) is 23.3. The van der Waals surface area contributed by atoms with Crippen molar-refractivity contribution in [2.45, 2.75) is 50.9 Å². The number of nitrogens with one attached hydrogen (secondary N) is 3. The number of hydrogen-bond acceptors (Lipinski definition) is 7. The van der Waals surface area contributed by atoms with Crippen LogP contribution in [-0.4, -0.2) is 75.8 Å². The van der Waals surface area contributed by atoms with Gasteiger partial charge in [-0.15, -0.1) is 0 Å². The summed E-state index contributed by atoms with van der Waals surface area (Å²) >= 11 is 0. The molecule has 12 nitrogen and oxygen atoms in total. The van der Waals surface area contributed by atoms with Gasteiger partial charge in [0.15, 0.2) is 6.04 Å². The molecule has 0 aromatic carbocycles. The van der Waals surface area contributed by atoms with E-state index in [0.29, 0.717) is 0 Å². The minimum absolute atomic E-state index is 0.229. The van der Waals surface area contributed by atoms with Crippen LogP contribution in [0.25, 0.3) is 0 Å². The van der Waals surface area contributed by atoms with Gasteiger partial charge in [-0.25, -0.2) is 4.79 Å². The summed E-state index contributed by atoms with van der Waals surface area (Å²) in [5.74, 6) is -5.04. The van der Waals surface area contributed by atoms with Crippen LogP contribution in [0.5, 0.6) is 0 Å². The first-order valence-electron chi connectivity index (χ1n) is 7.71. The molecule has 12 heteroatoms. The molecular weight excluding hydrogens is 352 g/mol. The minimum Gasteiger partial charge on any atom is -0.481 e. The second-order valence-corrected chi connectivity index (χ2v) is 5.62. The molecule has 4 unspecified atom stereocenters. The molecule has 8 N–H and O–H groups in total. The van der Waals surface area contributed by atoms with Crippen molar-refractivity contribution in [1.82, 2.24) is 16.0 Å². The zero-order chi connectivity index (χ0) is 20.4. The van der Waals surface area contributed by atoms with Crippen molar-refractivity contribution in [3.63, 3.8) is 0 Å². The van der Waals surface area contributed by atoms with Gasteiger partial charge in [0.25, 0.3) is 0 Å². The molecule has 0 aliphatic carbocycles. The van der Waals surface area contributed by atoms with Gasteiger partial charge in [-0.3, -0.25) is 19.2 Å². The van der Waals surface area contributed by atoms with Crippen molar-refractivity contribution in [1.29, 1.82) is 0 Å². The van der Waals surface area contributed by atoms with Gasteiger partial charge < -0.3 is 37.0 Å². The highest BCUT2D eigenvalue weighted by Gasteiger charge is 2.26. The first-order chi connectivity index (χ1) is 12.0. The molecule has 0 aromatic rings. The molecule has 0 rings (SSSR count). The van der Waals surface area contributed by atoms with Crippen molar-refractivity contribution in [3.05, 3.63) is 0 Å². The molecule has 4 atom stereocenters. The molecule has 0 saturated carbocycles. The fraction of sp³-hybridized carbons (Fsp3) is 0.643. The molecule has 0 heterocycles. The lowest BCUT2D eigenvalue weighted by molar-refractivity contribution is -0.144. The SMILES string of the molecule is CC(N)C(=O)NC(CCC(=O)O)C(=O)NCC(=O)NC(C(=O)O)C(C)O. The van der Waals surface area contributed by atoms with Gasteiger partial charge in [-0.2, -0.15) is 0 Å². The van der Waals surface area contributed by atoms with E-state index in [1.54, 1.807) is 0 Å². The van der Waals surface area contributed by atoms with Crippen molar-refractivity contribution in [2.75, 3.05) is 6.54 Å². The number of aliphatic hydroxyl groups excluding tert-OH is 1. The van der Waals surface area contributed by atoms with Gasteiger partial charge in [0.1, 0.15) is 6.04 Å². The maximum atomic E-state index is 12.1. The predicted molar refractivity (Wildman–Crippen MR) is 86.7 cm³/mol. The highest BCUT2D eigenvalue weighted by Crippen LogP contribution is 1.99. The average Bonchev–Trinajstić information content (AvgIpc) is 2.52.